The van der Waals surface area contributed by atoms with E-state index in [1.165, 1.54) is 6.07 Å². The number of aromatic amines is 1. The number of anilines is 2. The molecule has 0 amide bonds. The zero-order valence-corrected chi connectivity index (χ0v) is 16.7. The Morgan fingerprint density at radius 3 is 2.62 bits per heavy atom. The Hall–Kier alpha value is -4.14. The SMILES string of the molecule is Cc1cc2[nH]c(-c3cccc(C(F)(F)F)c3)nc2cc1Nc1ncc(-c2cccnc2)o1. The highest BCUT2D eigenvalue weighted by Crippen LogP contribution is 2.33. The average molecular weight is 435 g/mol. The molecule has 2 N–H and O–H groups in total. The van der Waals surface area contributed by atoms with Gasteiger partial charge in [-0.25, -0.2) is 9.97 Å². The number of halogens is 3. The summed E-state index contributed by atoms with van der Waals surface area (Å²) in [6.07, 6.45) is 0.545. The van der Waals surface area contributed by atoms with Gasteiger partial charge in [0.25, 0.3) is 6.01 Å². The van der Waals surface area contributed by atoms with E-state index in [9.17, 15) is 13.2 Å². The second-order valence-corrected chi connectivity index (χ2v) is 7.24. The van der Waals surface area contributed by atoms with Crippen LogP contribution < -0.4 is 5.32 Å². The molecule has 0 bridgehead atoms. The first-order valence-corrected chi connectivity index (χ1v) is 9.68. The van der Waals surface area contributed by atoms with Gasteiger partial charge in [0.05, 0.1) is 22.8 Å². The van der Waals surface area contributed by atoms with E-state index in [1.54, 1.807) is 30.7 Å². The highest BCUT2D eigenvalue weighted by Gasteiger charge is 2.30. The molecule has 5 rings (SSSR count). The number of aryl methyl sites for hydroxylation is 1. The lowest BCUT2D eigenvalue weighted by atomic mass is 10.1. The zero-order valence-electron chi connectivity index (χ0n) is 16.7. The number of alkyl halides is 3. The molecule has 32 heavy (non-hydrogen) atoms. The minimum absolute atomic E-state index is 0.306. The van der Waals surface area contributed by atoms with Crippen molar-refractivity contribution >= 4 is 22.7 Å². The maximum absolute atomic E-state index is 13.1. The van der Waals surface area contributed by atoms with Crippen molar-refractivity contribution in [2.45, 2.75) is 13.1 Å². The molecule has 0 atom stereocenters. The van der Waals surface area contributed by atoms with Gasteiger partial charge in [0.1, 0.15) is 5.82 Å². The third-order valence-electron chi connectivity index (χ3n) is 4.98. The fourth-order valence-corrected chi connectivity index (χ4v) is 3.37. The molecular formula is C23H16F3N5O. The van der Waals surface area contributed by atoms with Gasteiger partial charge in [0.2, 0.25) is 0 Å². The molecule has 3 aromatic heterocycles. The van der Waals surface area contributed by atoms with E-state index in [-0.39, 0.29) is 0 Å². The van der Waals surface area contributed by atoms with Crippen molar-refractivity contribution in [3.05, 3.63) is 78.2 Å². The smallest absolute Gasteiger partial charge is 0.416 e. The topological polar surface area (TPSA) is 79.6 Å². The second-order valence-electron chi connectivity index (χ2n) is 7.24. The van der Waals surface area contributed by atoms with Crippen LogP contribution in [0.25, 0.3) is 33.7 Å². The fourth-order valence-electron chi connectivity index (χ4n) is 3.37. The van der Waals surface area contributed by atoms with E-state index in [0.717, 1.165) is 28.9 Å². The van der Waals surface area contributed by atoms with Crippen LogP contribution in [0.5, 0.6) is 0 Å². The molecule has 0 saturated heterocycles. The molecule has 0 aliphatic rings. The number of aromatic nitrogens is 4. The molecule has 5 aromatic rings. The summed E-state index contributed by atoms with van der Waals surface area (Å²) in [5, 5.41) is 3.13. The number of nitrogens with zero attached hydrogens (tertiary/aromatic N) is 3. The van der Waals surface area contributed by atoms with Crippen LogP contribution in [0.4, 0.5) is 24.9 Å². The number of H-pyrrole nitrogens is 1. The van der Waals surface area contributed by atoms with E-state index in [4.69, 9.17) is 4.42 Å². The van der Waals surface area contributed by atoms with Crippen LogP contribution in [0.1, 0.15) is 11.1 Å². The minimum atomic E-state index is -4.42. The largest absolute Gasteiger partial charge is 0.423 e. The van der Waals surface area contributed by atoms with E-state index < -0.39 is 11.7 Å². The van der Waals surface area contributed by atoms with Crippen molar-refractivity contribution in [1.82, 2.24) is 19.9 Å². The highest BCUT2D eigenvalue weighted by atomic mass is 19.4. The summed E-state index contributed by atoms with van der Waals surface area (Å²) < 4.78 is 44.9. The number of oxazole rings is 1. The number of fused-ring (bicyclic) bond motifs is 1. The molecular weight excluding hydrogens is 419 g/mol. The van der Waals surface area contributed by atoms with Gasteiger partial charge >= 0.3 is 6.18 Å². The van der Waals surface area contributed by atoms with Crippen LogP contribution in [0.15, 0.2) is 71.5 Å². The van der Waals surface area contributed by atoms with Gasteiger partial charge in [-0.2, -0.15) is 13.2 Å². The minimum Gasteiger partial charge on any atom is -0.423 e. The van der Waals surface area contributed by atoms with Crippen LogP contribution in [-0.4, -0.2) is 19.9 Å². The van der Waals surface area contributed by atoms with Gasteiger partial charge in [-0.15, -0.1) is 0 Å². The van der Waals surface area contributed by atoms with Gasteiger partial charge in [-0.05, 0) is 48.9 Å². The number of hydrogen-bond donors (Lipinski definition) is 2. The van der Waals surface area contributed by atoms with Crippen molar-refractivity contribution in [3.63, 3.8) is 0 Å². The molecule has 0 spiro atoms. The van der Waals surface area contributed by atoms with Crippen LogP contribution in [0.2, 0.25) is 0 Å². The molecule has 0 saturated carbocycles. The predicted molar refractivity (Wildman–Crippen MR) is 114 cm³/mol. The van der Waals surface area contributed by atoms with Gasteiger partial charge in [0, 0.05) is 29.2 Å². The Kier molecular flexibility index (Phi) is 4.66. The standard InChI is InChI=1S/C23H16F3N5O/c1-13-8-18-19(30-21(29-18)14-4-2-6-16(9-14)23(24,25)26)10-17(13)31-22-28-12-20(32-22)15-5-3-7-27-11-15/h2-12H,1H3,(H,28,31)(H,29,30). The summed E-state index contributed by atoms with van der Waals surface area (Å²) >= 11 is 0. The maximum atomic E-state index is 13.1. The number of imidazole rings is 1. The molecule has 0 unspecified atom stereocenters. The normalized spacial score (nSPS) is 11.8. The van der Waals surface area contributed by atoms with Crippen molar-refractivity contribution in [2.24, 2.45) is 0 Å². The number of rotatable bonds is 4. The number of benzene rings is 2. The first kappa shape index (κ1) is 19.8. The monoisotopic (exact) mass is 435 g/mol. The van der Waals surface area contributed by atoms with Crippen LogP contribution in [0, 0.1) is 6.92 Å². The van der Waals surface area contributed by atoms with E-state index in [0.29, 0.717) is 34.2 Å². The molecule has 0 fully saturated rings. The first-order chi connectivity index (χ1) is 15.4. The van der Waals surface area contributed by atoms with Crippen molar-refractivity contribution in [1.29, 1.82) is 0 Å². The quantitative estimate of drug-likeness (QED) is 0.344. The third kappa shape index (κ3) is 3.80. The number of pyridine rings is 1. The lowest BCUT2D eigenvalue weighted by Gasteiger charge is -2.07. The lowest BCUT2D eigenvalue weighted by Crippen LogP contribution is -2.04. The Labute approximate surface area is 180 Å². The number of hydrogen-bond acceptors (Lipinski definition) is 5. The molecule has 2 aromatic carbocycles. The second kappa shape index (κ2) is 7.52. The summed E-state index contributed by atoms with van der Waals surface area (Å²) in [5.74, 6) is 0.934. The van der Waals surface area contributed by atoms with E-state index in [2.05, 4.69) is 25.3 Å². The van der Waals surface area contributed by atoms with E-state index in [1.807, 2.05) is 25.1 Å². The van der Waals surface area contributed by atoms with Gasteiger partial charge in [-0.3, -0.25) is 4.98 Å². The Morgan fingerprint density at radius 1 is 1.00 bits per heavy atom. The molecule has 0 radical (unpaired) electrons. The Bertz CT molecular complexity index is 1410. The molecule has 0 aliphatic carbocycles. The van der Waals surface area contributed by atoms with Crippen molar-refractivity contribution in [2.75, 3.05) is 5.32 Å². The third-order valence-corrected chi connectivity index (χ3v) is 4.98. The van der Waals surface area contributed by atoms with Crippen LogP contribution in [0.3, 0.4) is 0 Å². The van der Waals surface area contributed by atoms with E-state index >= 15 is 0 Å². The Balaban J connectivity index is 1.45. The fraction of sp³-hybridized carbons (Fsp3) is 0.0870. The van der Waals surface area contributed by atoms with Crippen LogP contribution in [-0.2, 0) is 6.18 Å². The van der Waals surface area contributed by atoms with Gasteiger partial charge in [-0.1, -0.05) is 12.1 Å². The summed E-state index contributed by atoms with van der Waals surface area (Å²) in [6.45, 7) is 1.90. The Morgan fingerprint density at radius 2 is 1.84 bits per heavy atom. The predicted octanol–water partition coefficient (Wildman–Crippen LogP) is 6.35. The first-order valence-electron chi connectivity index (χ1n) is 9.68. The summed E-state index contributed by atoms with van der Waals surface area (Å²) in [5.41, 5.74) is 3.36. The van der Waals surface area contributed by atoms with Crippen LogP contribution >= 0.6 is 0 Å². The summed E-state index contributed by atoms with van der Waals surface area (Å²) in [4.78, 5) is 15.9. The van der Waals surface area contributed by atoms with Gasteiger partial charge < -0.3 is 14.7 Å². The molecule has 160 valence electrons. The number of nitrogens with one attached hydrogen (secondary N) is 2. The zero-order chi connectivity index (χ0) is 22.3. The van der Waals surface area contributed by atoms with Gasteiger partial charge in [0.15, 0.2) is 5.76 Å². The average Bonchev–Trinajstić information content (AvgIpc) is 3.41. The van der Waals surface area contributed by atoms with Crippen molar-refractivity contribution in [3.8, 4) is 22.7 Å². The lowest BCUT2D eigenvalue weighted by molar-refractivity contribution is -0.137. The molecule has 0 aliphatic heterocycles. The summed E-state index contributed by atoms with van der Waals surface area (Å²) in [6, 6.07) is 12.7. The molecule has 3 heterocycles. The molecule has 6 nitrogen and oxygen atoms in total. The molecule has 9 heteroatoms. The summed E-state index contributed by atoms with van der Waals surface area (Å²) in [7, 11) is 0. The van der Waals surface area contributed by atoms with Crippen molar-refractivity contribution < 1.29 is 17.6 Å². The maximum Gasteiger partial charge on any atom is 0.416 e. The highest BCUT2D eigenvalue weighted by molar-refractivity contribution is 5.85.